The van der Waals surface area contributed by atoms with Crippen molar-refractivity contribution in [3.8, 4) is 28.3 Å². The van der Waals surface area contributed by atoms with Gasteiger partial charge in [0.25, 0.3) is 5.60 Å². The number of nitriles is 1. The van der Waals surface area contributed by atoms with Crippen molar-refractivity contribution >= 4 is 0 Å². The molecule has 1 N–H and O–H groups in total. The van der Waals surface area contributed by atoms with Gasteiger partial charge in [0.2, 0.25) is 0 Å². The van der Waals surface area contributed by atoms with Crippen LogP contribution in [0.15, 0.2) is 72.8 Å². The molecule has 0 aliphatic heterocycles. The average Bonchev–Trinajstić information content (AvgIpc) is 2.71. The summed E-state index contributed by atoms with van der Waals surface area (Å²) in [7, 11) is 0. The molecule has 0 aliphatic rings. The molecular weight excluding hydrogens is 408 g/mol. The fraction of sp³-hybridized carbons (Fsp3) is 0.136. The lowest BCUT2D eigenvalue weighted by atomic mass is 9.86. The SMILES string of the molecule is N#Cc1cccc(-c2cc(C(O)(C(F)(F)F)C(F)(F)F)ccc2-c2ccccc2)c1. The molecule has 0 unspecified atom stereocenters. The average molecular weight is 421 g/mol. The summed E-state index contributed by atoms with van der Waals surface area (Å²) in [5.74, 6) is 0. The molecule has 0 bridgehead atoms. The van der Waals surface area contributed by atoms with Crippen molar-refractivity contribution in [3.63, 3.8) is 0 Å². The molecule has 0 saturated carbocycles. The number of nitrogens with zero attached hydrogens (tertiary/aromatic N) is 1. The van der Waals surface area contributed by atoms with Crippen LogP contribution in [0.3, 0.4) is 0 Å². The third kappa shape index (κ3) is 3.64. The van der Waals surface area contributed by atoms with E-state index in [0.717, 1.165) is 6.07 Å². The van der Waals surface area contributed by atoms with Gasteiger partial charge in [0.1, 0.15) is 0 Å². The topological polar surface area (TPSA) is 44.0 Å². The molecule has 0 radical (unpaired) electrons. The van der Waals surface area contributed by atoms with E-state index in [2.05, 4.69) is 0 Å². The molecule has 2 nitrogen and oxygen atoms in total. The van der Waals surface area contributed by atoms with Crippen molar-refractivity contribution in [2.24, 2.45) is 0 Å². The van der Waals surface area contributed by atoms with Gasteiger partial charge >= 0.3 is 12.4 Å². The molecule has 0 saturated heterocycles. The van der Waals surface area contributed by atoms with Crippen LogP contribution in [0.2, 0.25) is 0 Å². The van der Waals surface area contributed by atoms with Gasteiger partial charge in [-0.05, 0) is 40.5 Å². The fourth-order valence-corrected chi connectivity index (χ4v) is 3.12. The second kappa shape index (κ2) is 7.50. The van der Waals surface area contributed by atoms with Gasteiger partial charge in [0, 0.05) is 5.56 Å². The molecule has 3 rings (SSSR count). The zero-order valence-electron chi connectivity index (χ0n) is 15.1. The largest absolute Gasteiger partial charge is 0.430 e. The summed E-state index contributed by atoms with van der Waals surface area (Å²) in [5, 5.41) is 18.9. The zero-order chi connectivity index (χ0) is 22.2. The number of benzene rings is 3. The van der Waals surface area contributed by atoms with Crippen LogP contribution in [0, 0.1) is 11.3 Å². The Labute approximate surface area is 167 Å². The van der Waals surface area contributed by atoms with Crippen LogP contribution in [0.4, 0.5) is 26.3 Å². The van der Waals surface area contributed by atoms with E-state index in [4.69, 9.17) is 5.26 Å². The molecule has 0 aromatic heterocycles. The second-order valence-corrected chi connectivity index (χ2v) is 6.52. The lowest BCUT2D eigenvalue weighted by molar-refractivity contribution is -0.376. The van der Waals surface area contributed by atoms with E-state index in [1.807, 2.05) is 6.07 Å². The van der Waals surface area contributed by atoms with Crippen LogP contribution < -0.4 is 0 Å². The monoisotopic (exact) mass is 421 g/mol. The Morgan fingerprint density at radius 1 is 0.667 bits per heavy atom. The highest BCUT2D eigenvalue weighted by Gasteiger charge is 2.71. The number of hydrogen-bond donors (Lipinski definition) is 1. The van der Waals surface area contributed by atoms with E-state index in [9.17, 15) is 31.4 Å². The molecule has 8 heteroatoms. The summed E-state index contributed by atoms with van der Waals surface area (Å²) in [6, 6.07) is 18.3. The quantitative estimate of drug-likeness (QED) is 0.512. The van der Waals surface area contributed by atoms with Crippen molar-refractivity contribution in [2.75, 3.05) is 0 Å². The van der Waals surface area contributed by atoms with Crippen LogP contribution in [0.1, 0.15) is 11.1 Å². The van der Waals surface area contributed by atoms with Gasteiger partial charge in [-0.3, -0.25) is 0 Å². The Morgan fingerprint density at radius 3 is 1.83 bits per heavy atom. The fourth-order valence-electron chi connectivity index (χ4n) is 3.12. The zero-order valence-corrected chi connectivity index (χ0v) is 15.1. The molecule has 30 heavy (non-hydrogen) atoms. The predicted octanol–water partition coefficient (Wildman–Crippen LogP) is 6.20. The van der Waals surface area contributed by atoms with Crippen LogP contribution >= 0.6 is 0 Å². The Bertz CT molecular complexity index is 1080. The Morgan fingerprint density at radius 2 is 1.27 bits per heavy atom. The van der Waals surface area contributed by atoms with E-state index in [0.29, 0.717) is 23.3 Å². The van der Waals surface area contributed by atoms with Gasteiger partial charge < -0.3 is 5.11 Å². The molecule has 0 atom stereocenters. The molecule has 0 aliphatic carbocycles. The van der Waals surface area contributed by atoms with Crippen LogP contribution in [0.25, 0.3) is 22.3 Å². The Hall–Kier alpha value is -3.31. The summed E-state index contributed by atoms with van der Waals surface area (Å²) >= 11 is 0. The van der Waals surface area contributed by atoms with E-state index in [1.54, 1.807) is 30.3 Å². The highest BCUT2D eigenvalue weighted by atomic mass is 19.4. The van der Waals surface area contributed by atoms with E-state index in [-0.39, 0.29) is 16.7 Å². The smallest absolute Gasteiger partial charge is 0.369 e. The first kappa shape index (κ1) is 21.4. The second-order valence-electron chi connectivity index (χ2n) is 6.52. The molecule has 0 fully saturated rings. The molecule has 0 amide bonds. The van der Waals surface area contributed by atoms with Crippen molar-refractivity contribution < 1.29 is 31.4 Å². The Kier molecular flexibility index (Phi) is 5.35. The summed E-state index contributed by atoms with van der Waals surface area (Å²) in [6.07, 6.45) is -12.0. The third-order valence-electron chi connectivity index (χ3n) is 4.65. The molecule has 0 heterocycles. The lowest BCUT2D eigenvalue weighted by Crippen LogP contribution is -2.53. The molecule has 3 aromatic rings. The van der Waals surface area contributed by atoms with E-state index >= 15 is 0 Å². The van der Waals surface area contributed by atoms with Crippen LogP contribution in [-0.2, 0) is 5.60 Å². The van der Waals surface area contributed by atoms with Gasteiger partial charge in [-0.2, -0.15) is 31.6 Å². The number of halogens is 6. The minimum Gasteiger partial charge on any atom is -0.369 e. The number of aliphatic hydroxyl groups is 1. The molecule has 154 valence electrons. The van der Waals surface area contributed by atoms with Crippen molar-refractivity contribution in [3.05, 3.63) is 83.9 Å². The van der Waals surface area contributed by atoms with Crippen molar-refractivity contribution in [1.82, 2.24) is 0 Å². The summed E-state index contributed by atoms with van der Waals surface area (Å²) in [4.78, 5) is 0. The molecular formula is C22H13F6NO. The van der Waals surface area contributed by atoms with Crippen LogP contribution in [-0.4, -0.2) is 17.5 Å². The summed E-state index contributed by atoms with van der Waals surface area (Å²) < 4.78 is 80.1. The number of rotatable bonds is 3. The Balaban J connectivity index is 2.33. The van der Waals surface area contributed by atoms with Gasteiger partial charge in [-0.15, -0.1) is 0 Å². The predicted molar refractivity (Wildman–Crippen MR) is 98.0 cm³/mol. The highest BCUT2D eigenvalue weighted by molar-refractivity contribution is 5.84. The first-order valence-electron chi connectivity index (χ1n) is 8.55. The number of alkyl halides is 6. The standard InChI is InChI=1S/C22H13F6NO/c23-21(24,25)20(30,22(26,27)28)17-9-10-18(15-6-2-1-3-7-15)19(12-17)16-8-4-5-14(11-16)13-29/h1-12,30H. The lowest BCUT2D eigenvalue weighted by Gasteiger charge is -2.33. The normalized spacial score (nSPS) is 12.5. The van der Waals surface area contributed by atoms with Gasteiger partial charge in [-0.25, -0.2) is 0 Å². The first-order valence-corrected chi connectivity index (χ1v) is 8.55. The molecule has 3 aromatic carbocycles. The summed E-state index contributed by atoms with van der Waals surface area (Å²) in [6.45, 7) is 0. The maximum Gasteiger partial charge on any atom is 0.430 e. The highest BCUT2D eigenvalue weighted by Crippen LogP contribution is 2.51. The third-order valence-corrected chi connectivity index (χ3v) is 4.65. The first-order chi connectivity index (χ1) is 14.0. The minimum atomic E-state index is -5.99. The van der Waals surface area contributed by atoms with Crippen molar-refractivity contribution in [2.45, 2.75) is 18.0 Å². The van der Waals surface area contributed by atoms with E-state index < -0.39 is 23.5 Å². The maximum atomic E-state index is 13.3. The minimum absolute atomic E-state index is 0.0164. The summed E-state index contributed by atoms with van der Waals surface area (Å²) in [5.41, 5.74) is -5.08. The van der Waals surface area contributed by atoms with Gasteiger partial charge in [0.15, 0.2) is 0 Å². The maximum absolute atomic E-state index is 13.3. The number of hydrogen-bond acceptors (Lipinski definition) is 2. The van der Waals surface area contributed by atoms with E-state index in [1.165, 1.54) is 24.3 Å². The van der Waals surface area contributed by atoms with Gasteiger partial charge in [-0.1, -0.05) is 54.6 Å². The molecule has 0 spiro atoms. The van der Waals surface area contributed by atoms with Crippen molar-refractivity contribution in [1.29, 1.82) is 5.26 Å². The van der Waals surface area contributed by atoms with Gasteiger partial charge in [0.05, 0.1) is 11.6 Å². The van der Waals surface area contributed by atoms with Crippen LogP contribution in [0.5, 0.6) is 0 Å².